The number of anilines is 1. The molecule has 208 valence electrons. The fourth-order valence-electron chi connectivity index (χ4n) is 4.05. The number of nitrogens with zero attached hydrogens (tertiary/aromatic N) is 2. The van der Waals surface area contributed by atoms with Crippen LogP contribution in [0.4, 0.5) is 10.1 Å². The molecule has 0 aliphatic carbocycles. The molecule has 39 heavy (non-hydrogen) atoms. The van der Waals surface area contributed by atoms with E-state index in [1.807, 2.05) is 26.0 Å². The van der Waals surface area contributed by atoms with Crippen molar-refractivity contribution in [2.45, 2.75) is 57.5 Å². The number of benzene rings is 3. The second-order valence-corrected chi connectivity index (χ2v) is 11.2. The van der Waals surface area contributed by atoms with E-state index >= 15 is 0 Å². The van der Waals surface area contributed by atoms with Gasteiger partial charge >= 0.3 is 0 Å². The van der Waals surface area contributed by atoms with E-state index in [2.05, 4.69) is 5.32 Å². The number of sulfonamides is 1. The van der Waals surface area contributed by atoms with Gasteiger partial charge in [0.25, 0.3) is 10.0 Å². The molecule has 0 radical (unpaired) electrons. The number of amides is 2. The Morgan fingerprint density at radius 3 is 2.10 bits per heavy atom. The first-order chi connectivity index (χ1) is 18.7. The first-order valence-electron chi connectivity index (χ1n) is 13.2. The number of carbonyl (C=O) groups excluding carboxylic acids is 2. The SMILES string of the molecule is CCCCNC(=O)C(C)N(Cc1ccc(F)cc1)C(=O)CN(c1ccc(CC)cc1)S(=O)(=O)c1ccccc1. The molecule has 7 nitrogen and oxygen atoms in total. The van der Waals surface area contributed by atoms with Crippen molar-refractivity contribution in [2.75, 3.05) is 17.4 Å². The monoisotopic (exact) mass is 553 g/mol. The third-order valence-electron chi connectivity index (χ3n) is 6.51. The smallest absolute Gasteiger partial charge is 0.264 e. The van der Waals surface area contributed by atoms with Gasteiger partial charge in [0.05, 0.1) is 10.6 Å². The number of hydrogen-bond donors (Lipinski definition) is 1. The molecule has 2 amide bonds. The zero-order chi connectivity index (χ0) is 28.4. The highest BCUT2D eigenvalue weighted by atomic mass is 32.2. The summed E-state index contributed by atoms with van der Waals surface area (Å²) in [5, 5.41) is 2.84. The number of aryl methyl sites for hydroxylation is 1. The summed E-state index contributed by atoms with van der Waals surface area (Å²) in [4.78, 5) is 28.2. The fraction of sp³-hybridized carbons (Fsp3) is 0.333. The van der Waals surface area contributed by atoms with Crippen LogP contribution < -0.4 is 9.62 Å². The van der Waals surface area contributed by atoms with Gasteiger partial charge in [-0.1, -0.05) is 62.7 Å². The van der Waals surface area contributed by atoms with Crippen LogP contribution in [0.5, 0.6) is 0 Å². The van der Waals surface area contributed by atoms with Gasteiger partial charge in [0, 0.05) is 13.1 Å². The highest BCUT2D eigenvalue weighted by molar-refractivity contribution is 7.92. The number of rotatable bonds is 13. The third kappa shape index (κ3) is 7.89. The summed E-state index contributed by atoms with van der Waals surface area (Å²) < 4.78 is 42.1. The van der Waals surface area contributed by atoms with Crippen LogP contribution in [0.15, 0.2) is 83.8 Å². The highest BCUT2D eigenvalue weighted by Gasteiger charge is 2.32. The van der Waals surface area contributed by atoms with Gasteiger partial charge in [-0.2, -0.15) is 0 Å². The molecule has 0 spiro atoms. The highest BCUT2D eigenvalue weighted by Crippen LogP contribution is 2.25. The lowest BCUT2D eigenvalue weighted by molar-refractivity contribution is -0.139. The molecule has 1 N–H and O–H groups in total. The quantitative estimate of drug-likeness (QED) is 0.305. The van der Waals surface area contributed by atoms with Crippen molar-refractivity contribution >= 4 is 27.5 Å². The zero-order valence-electron chi connectivity index (χ0n) is 22.6. The molecule has 3 rings (SSSR count). The van der Waals surface area contributed by atoms with E-state index in [0.717, 1.165) is 29.1 Å². The molecule has 1 atom stereocenters. The number of halogens is 1. The molecule has 0 aromatic heterocycles. The van der Waals surface area contributed by atoms with E-state index in [0.29, 0.717) is 17.8 Å². The summed E-state index contributed by atoms with van der Waals surface area (Å²) in [6.45, 7) is 5.57. The predicted octanol–water partition coefficient (Wildman–Crippen LogP) is 4.92. The van der Waals surface area contributed by atoms with E-state index in [4.69, 9.17) is 0 Å². The van der Waals surface area contributed by atoms with E-state index in [1.165, 1.54) is 29.2 Å². The lowest BCUT2D eigenvalue weighted by atomic mass is 10.1. The molecule has 0 heterocycles. The zero-order valence-corrected chi connectivity index (χ0v) is 23.5. The number of carbonyl (C=O) groups is 2. The van der Waals surface area contributed by atoms with Gasteiger partial charge in [-0.15, -0.1) is 0 Å². The largest absolute Gasteiger partial charge is 0.354 e. The van der Waals surface area contributed by atoms with Crippen molar-refractivity contribution in [3.8, 4) is 0 Å². The third-order valence-corrected chi connectivity index (χ3v) is 8.29. The molecule has 1 unspecified atom stereocenters. The Hall–Kier alpha value is -3.72. The molecule has 9 heteroatoms. The van der Waals surface area contributed by atoms with Crippen molar-refractivity contribution in [3.63, 3.8) is 0 Å². The van der Waals surface area contributed by atoms with Crippen LogP contribution >= 0.6 is 0 Å². The van der Waals surface area contributed by atoms with Crippen molar-refractivity contribution in [2.24, 2.45) is 0 Å². The predicted molar refractivity (Wildman–Crippen MR) is 151 cm³/mol. The number of nitrogens with one attached hydrogen (secondary N) is 1. The lowest BCUT2D eigenvalue weighted by Gasteiger charge is -2.32. The maximum atomic E-state index is 13.8. The molecule has 0 saturated heterocycles. The van der Waals surface area contributed by atoms with Crippen LogP contribution in [-0.4, -0.2) is 44.3 Å². The van der Waals surface area contributed by atoms with Crippen LogP contribution in [0.3, 0.4) is 0 Å². The Balaban J connectivity index is 1.98. The van der Waals surface area contributed by atoms with Crippen LogP contribution in [-0.2, 0) is 32.6 Å². The normalized spacial score (nSPS) is 12.0. The minimum Gasteiger partial charge on any atom is -0.354 e. The Morgan fingerprint density at radius 2 is 1.51 bits per heavy atom. The molecular formula is C30H36FN3O4S. The molecule has 0 aliphatic heterocycles. The van der Waals surface area contributed by atoms with Crippen LogP contribution in [0, 0.1) is 5.82 Å². The molecule has 0 bridgehead atoms. The number of unbranched alkanes of at least 4 members (excludes halogenated alkanes) is 1. The van der Waals surface area contributed by atoms with Gasteiger partial charge < -0.3 is 10.2 Å². The maximum Gasteiger partial charge on any atom is 0.264 e. The number of hydrogen-bond acceptors (Lipinski definition) is 4. The fourth-order valence-corrected chi connectivity index (χ4v) is 5.49. The minimum absolute atomic E-state index is 0.00940. The van der Waals surface area contributed by atoms with Gasteiger partial charge in [0.2, 0.25) is 11.8 Å². The van der Waals surface area contributed by atoms with E-state index in [1.54, 1.807) is 49.4 Å². The van der Waals surface area contributed by atoms with Crippen LogP contribution in [0.1, 0.15) is 44.7 Å². The van der Waals surface area contributed by atoms with Gasteiger partial charge in [0.15, 0.2) is 0 Å². The summed E-state index contributed by atoms with van der Waals surface area (Å²) in [6.07, 6.45) is 2.47. The Kier molecular flexibility index (Phi) is 10.6. The van der Waals surface area contributed by atoms with Crippen LogP contribution in [0.2, 0.25) is 0 Å². The Morgan fingerprint density at radius 1 is 0.897 bits per heavy atom. The van der Waals surface area contributed by atoms with Gasteiger partial charge in [-0.25, -0.2) is 12.8 Å². The summed E-state index contributed by atoms with van der Waals surface area (Å²) >= 11 is 0. The van der Waals surface area contributed by atoms with Gasteiger partial charge in [0.1, 0.15) is 18.4 Å². The molecule has 3 aromatic carbocycles. The topological polar surface area (TPSA) is 86.8 Å². The molecule has 0 saturated carbocycles. The molecular weight excluding hydrogens is 517 g/mol. The maximum absolute atomic E-state index is 13.8. The van der Waals surface area contributed by atoms with E-state index < -0.39 is 34.3 Å². The van der Waals surface area contributed by atoms with Crippen molar-refractivity contribution < 1.29 is 22.4 Å². The standard InChI is InChI=1S/C30H36FN3O4S/c1-4-6-20-32-30(36)23(3)33(21-25-12-16-26(31)17-13-25)29(35)22-34(27-18-14-24(5-2)15-19-27)39(37,38)28-10-8-7-9-11-28/h7-19,23H,4-6,20-22H2,1-3H3,(H,32,36). The summed E-state index contributed by atoms with van der Waals surface area (Å²) in [7, 11) is -4.11. The van der Waals surface area contributed by atoms with Crippen molar-refractivity contribution in [1.82, 2.24) is 10.2 Å². The second-order valence-electron chi connectivity index (χ2n) is 9.31. The van der Waals surface area contributed by atoms with E-state index in [-0.39, 0.29) is 17.3 Å². The second kappa shape index (κ2) is 13.9. The average Bonchev–Trinajstić information content (AvgIpc) is 2.95. The van der Waals surface area contributed by atoms with Crippen LogP contribution in [0.25, 0.3) is 0 Å². The first kappa shape index (κ1) is 29.8. The molecule has 0 fully saturated rings. The minimum atomic E-state index is -4.11. The van der Waals surface area contributed by atoms with Crippen molar-refractivity contribution in [3.05, 3.63) is 95.8 Å². The Labute approximate surface area is 230 Å². The van der Waals surface area contributed by atoms with Gasteiger partial charge in [-0.05, 0) is 67.3 Å². The summed E-state index contributed by atoms with van der Waals surface area (Å²) in [6, 6.07) is 19.7. The molecule has 0 aliphatic rings. The average molecular weight is 554 g/mol. The van der Waals surface area contributed by atoms with E-state index in [9.17, 15) is 22.4 Å². The summed E-state index contributed by atoms with van der Waals surface area (Å²) in [5.74, 6) is -1.32. The lowest BCUT2D eigenvalue weighted by Crippen LogP contribution is -2.51. The summed E-state index contributed by atoms with van der Waals surface area (Å²) in [5.41, 5.74) is 1.98. The Bertz CT molecular complexity index is 1330. The van der Waals surface area contributed by atoms with Crippen molar-refractivity contribution in [1.29, 1.82) is 0 Å². The van der Waals surface area contributed by atoms with Gasteiger partial charge in [-0.3, -0.25) is 13.9 Å². The first-order valence-corrected chi connectivity index (χ1v) is 14.6. The molecule has 3 aromatic rings.